The molecule has 0 aliphatic heterocycles. The second-order valence-electron chi connectivity index (χ2n) is 0. The molecule has 0 unspecified atom stereocenters. The molecule has 0 bridgehead atoms. The van der Waals surface area contributed by atoms with E-state index >= 15 is 0 Å². The Labute approximate surface area is 54.2 Å². The summed E-state index contributed by atoms with van der Waals surface area (Å²) in [4.78, 5) is 0. The van der Waals surface area contributed by atoms with E-state index in [-0.39, 0.29) is 54.0 Å². The summed E-state index contributed by atoms with van der Waals surface area (Å²) in [6.07, 6.45) is 0. The molecule has 40 valence electrons. The van der Waals surface area contributed by atoms with Gasteiger partial charge in [-0.25, -0.2) is 0 Å². The molecule has 3 nitrogen and oxygen atoms in total. The largest absolute Gasteiger partial charge is 2.00 e. The summed E-state index contributed by atoms with van der Waals surface area (Å²) >= 11 is 0. The summed E-state index contributed by atoms with van der Waals surface area (Å²) in [6, 6.07) is 0. The van der Waals surface area contributed by atoms with E-state index in [1.165, 1.54) is 0 Å². The third kappa shape index (κ3) is 42.1. The van der Waals surface area contributed by atoms with Gasteiger partial charge in [-0.15, -0.1) is 0 Å². The van der Waals surface area contributed by atoms with E-state index in [0.717, 1.165) is 0 Å². The predicted molar refractivity (Wildman–Crippen MR) is 2.06 cm³/mol. The average Bonchev–Trinajstić information content (AvgIpc) is 0. The molecule has 0 saturated carbocycles. The molecule has 0 rings (SSSR count). The zero-order valence-electron chi connectivity index (χ0n) is 1.95. The van der Waals surface area contributed by atoms with Crippen LogP contribution in [0.5, 0.6) is 0 Å². The van der Waals surface area contributed by atoms with E-state index in [1.54, 1.807) is 0 Å². The molecule has 0 N–H and O–H groups in total. The summed E-state index contributed by atoms with van der Waals surface area (Å²) in [5.74, 6) is 0. The maximum atomic E-state index is 0. The van der Waals surface area contributed by atoms with Crippen LogP contribution in [0.2, 0.25) is 0 Å². The van der Waals surface area contributed by atoms with E-state index < -0.39 is 0 Å². The molecule has 0 amide bonds. The third-order valence-electron chi connectivity index (χ3n) is 0. The zero-order chi connectivity index (χ0) is 0. The van der Waals surface area contributed by atoms with Crippen molar-refractivity contribution in [1.82, 2.24) is 0 Å². The second-order valence-corrected chi connectivity index (χ2v) is 0. The molecular weight excluding hydrogens is 291 g/mol. The van der Waals surface area contributed by atoms with Crippen LogP contribution < -0.4 is 0 Å². The maximum absolute atomic E-state index is 0. The van der Waals surface area contributed by atoms with Gasteiger partial charge in [-0.3, -0.25) is 0 Å². The first-order valence-electron chi connectivity index (χ1n) is 0. The van der Waals surface area contributed by atoms with Crippen molar-refractivity contribution in [3.05, 3.63) is 0 Å². The minimum atomic E-state index is 0. The van der Waals surface area contributed by atoms with Gasteiger partial charge in [0.15, 0.2) is 0 Å². The Morgan fingerprint density at radius 1 is 0.600 bits per heavy atom. The van der Waals surface area contributed by atoms with Gasteiger partial charge in [-0.1, -0.05) is 0 Å². The minimum absolute atomic E-state index is 0. The second kappa shape index (κ2) is 74.1. The van der Waals surface area contributed by atoms with Gasteiger partial charge in [0.2, 0.25) is 0 Å². The molecule has 0 aromatic heterocycles. The molecular formula is NiO3W-6. The quantitative estimate of drug-likeness (QED) is 0.546. The van der Waals surface area contributed by atoms with Crippen LogP contribution in [0, 0.1) is 0 Å². The molecule has 0 heterocycles. The van der Waals surface area contributed by atoms with Crippen LogP contribution in [-0.4, -0.2) is 0 Å². The average molecular weight is 291 g/mol. The van der Waals surface area contributed by atoms with E-state index in [9.17, 15) is 0 Å². The molecule has 5 heavy (non-hydrogen) atoms. The van der Waals surface area contributed by atoms with Crippen molar-refractivity contribution in [2.45, 2.75) is 0 Å². The monoisotopic (exact) mass is 290 g/mol. The van der Waals surface area contributed by atoms with Crippen molar-refractivity contribution in [2.75, 3.05) is 0 Å². The van der Waals surface area contributed by atoms with Gasteiger partial charge in [0.25, 0.3) is 0 Å². The maximum Gasteiger partial charge on any atom is 0 e. The summed E-state index contributed by atoms with van der Waals surface area (Å²) in [7, 11) is 0. The topological polar surface area (TPSA) is 85.5 Å². The van der Waals surface area contributed by atoms with Crippen molar-refractivity contribution in [3.63, 3.8) is 0 Å². The van der Waals surface area contributed by atoms with Gasteiger partial charge < -0.3 is 16.4 Å². The van der Waals surface area contributed by atoms with Gasteiger partial charge in [-0.05, 0) is 0 Å². The number of rotatable bonds is 0. The van der Waals surface area contributed by atoms with Crippen LogP contribution in [-0.2, 0) is 54.0 Å². The Kier molecular flexibility index (Phi) is 2040. The van der Waals surface area contributed by atoms with E-state index in [2.05, 4.69) is 0 Å². The number of hydrogen-bond acceptors (Lipinski definition) is 0. The fourth-order valence-electron chi connectivity index (χ4n) is 0. The summed E-state index contributed by atoms with van der Waals surface area (Å²) in [6.45, 7) is 0. The van der Waals surface area contributed by atoms with Crippen molar-refractivity contribution in [1.29, 1.82) is 0 Å². The fraction of sp³-hybridized carbons (Fsp3) is 0. The van der Waals surface area contributed by atoms with Crippen molar-refractivity contribution in [3.8, 4) is 0 Å². The van der Waals surface area contributed by atoms with Gasteiger partial charge in [-0.2, -0.15) is 0 Å². The molecule has 0 aromatic carbocycles. The van der Waals surface area contributed by atoms with Gasteiger partial charge in [0, 0.05) is 37.6 Å². The first-order valence-corrected chi connectivity index (χ1v) is 0. The van der Waals surface area contributed by atoms with Crippen LogP contribution in [0.4, 0.5) is 0 Å². The van der Waals surface area contributed by atoms with E-state index in [1.807, 2.05) is 0 Å². The molecule has 0 spiro atoms. The first-order chi connectivity index (χ1) is 0. The van der Waals surface area contributed by atoms with Crippen LogP contribution in [0.15, 0.2) is 0 Å². The predicted octanol–water partition coefficient (Wildman–Crippen LogP) is -0.361. The molecule has 0 radical (unpaired) electrons. The Morgan fingerprint density at radius 3 is 0.600 bits per heavy atom. The molecule has 0 aliphatic carbocycles. The zero-order valence-corrected chi connectivity index (χ0v) is 5.87. The molecule has 0 atom stereocenters. The van der Waals surface area contributed by atoms with Gasteiger partial charge in [0.05, 0.1) is 0 Å². The van der Waals surface area contributed by atoms with Crippen molar-refractivity contribution < 1.29 is 54.0 Å². The Bertz CT molecular complexity index is 6.85. The fourth-order valence-corrected chi connectivity index (χ4v) is 0. The third-order valence-corrected chi connectivity index (χ3v) is 0. The summed E-state index contributed by atoms with van der Waals surface area (Å²) in [5.41, 5.74) is 0. The minimum Gasteiger partial charge on any atom is -2.00 e. The molecule has 5 heteroatoms. The summed E-state index contributed by atoms with van der Waals surface area (Å²) < 4.78 is 0. The molecule has 0 aliphatic rings. The van der Waals surface area contributed by atoms with E-state index in [0.29, 0.717) is 0 Å². The standard InChI is InChI=1S/Ni.3O.W/q;3*-2;. The van der Waals surface area contributed by atoms with Gasteiger partial charge in [0.1, 0.15) is 0 Å². The van der Waals surface area contributed by atoms with Crippen LogP contribution >= 0.6 is 0 Å². The normalized spacial score (nSPS) is 0. The van der Waals surface area contributed by atoms with Crippen LogP contribution in [0.1, 0.15) is 0 Å². The number of hydrogen-bond donors (Lipinski definition) is 0. The molecule has 0 aromatic rings. The smallest absolute Gasteiger partial charge is 0 e. The summed E-state index contributed by atoms with van der Waals surface area (Å²) in [5, 5.41) is 0. The Hall–Kier alpha value is 1.06. The van der Waals surface area contributed by atoms with Crippen molar-refractivity contribution in [2.24, 2.45) is 0 Å². The first kappa shape index (κ1) is 138. The van der Waals surface area contributed by atoms with Crippen LogP contribution in [0.3, 0.4) is 0 Å². The molecule has 0 saturated heterocycles. The van der Waals surface area contributed by atoms with Gasteiger partial charge >= 0.3 is 0 Å². The van der Waals surface area contributed by atoms with Crippen LogP contribution in [0.25, 0.3) is 0 Å². The molecule has 0 fully saturated rings. The van der Waals surface area contributed by atoms with E-state index in [4.69, 9.17) is 0 Å². The van der Waals surface area contributed by atoms with Crippen molar-refractivity contribution >= 4 is 0 Å². The SMILES string of the molecule is [Ni].[O-2].[O-2].[O-2].[W]. The Morgan fingerprint density at radius 2 is 0.600 bits per heavy atom. The Balaban J connectivity index is 0.